The number of halogens is 1. The molecule has 0 bridgehead atoms. The maximum Gasteiger partial charge on any atom is 0.0471 e. The van der Waals surface area contributed by atoms with Gasteiger partial charge in [0, 0.05) is 42.4 Å². The molecule has 118 valence electrons. The fourth-order valence-electron chi connectivity index (χ4n) is 2.89. The molecule has 1 heterocycles. The van der Waals surface area contributed by atoms with Gasteiger partial charge in [-0.3, -0.25) is 4.90 Å². The van der Waals surface area contributed by atoms with Crippen molar-refractivity contribution in [1.82, 2.24) is 10.2 Å². The molecule has 1 aliphatic rings. The molecular formula is C17H28ClN3. The van der Waals surface area contributed by atoms with Gasteiger partial charge in [-0.15, -0.1) is 0 Å². The first-order chi connectivity index (χ1) is 10.0. The second-order valence-corrected chi connectivity index (χ2v) is 6.63. The molecule has 0 aliphatic carbocycles. The molecule has 0 spiro atoms. The van der Waals surface area contributed by atoms with Gasteiger partial charge < -0.3 is 10.2 Å². The van der Waals surface area contributed by atoms with Crippen molar-refractivity contribution in [2.45, 2.75) is 45.8 Å². The molecule has 1 fully saturated rings. The quantitative estimate of drug-likeness (QED) is 0.841. The van der Waals surface area contributed by atoms with Crippen molar-refractivity contribution in [2.24, 2.45) is 0 Å². The van der Waals surface area contributed by atoms with Crippen molar-refractivity contribution in [3.63, 3.8) is 0 Å². The van der Waals surface area contributed by atoms with Crippen LogP contribution in [-0.4, -0.2) is 43.7 Å². The lowest BCUT2D eigenvalue weighted by Crippen LogP contribution is -2.55. The molecule has 4 heteroatoms. The number of hydrogen-bond donors (Lipinski definition) is 1. The molecule has 1 aliphatic heterocycles. The summed E-state index contributed by atoms with van der Waals surface area (Å²) >= 11 is 6.45. The maximum absolute atomic E-state index is 6.45. The molecule has 0 saturated carbocycles. The first-order valence-electron chi connectivity index (χ1n) is 7.99. The van der Waals surface area contributed by atoms with Crippen LogP contribution in [0.3, 0.4) is 0 Å². The molecule has 0 aromatic heterocycles. The predicted octanol–water partition coefficient (Wildman–Crippen LogP) is 3.37. The van der Waals surface area contributed by atoms with Gasteiger partial charge in [0.25, 0.3) is 0 Å². The van der Waals surface area contributed by atoms with E-state index in [-0.39, 0.29) is 0 Å². The van der Waals surface area contributed by atoms with E-state index < -0.39 is 0 Å². The zero-order valence-electron chi connectivity index (χ0n) is 13.7. The summed E-state index contributed by atoms with van der Waals surface area (Å²) in [6, 6.07) is 7.62. The lowest BCUT2D eigenvalue weighted by molar-refractivity contribution is 0.170. The molecule has 2 unspecified atom stereocenters. The van der Waals surface area contributed by atoms with Crippen molar-refractivity contribution in [3.05, 3.63) is 28.8 Å². The summed E-state index contributed by atoms with van der Waals surface area (Å²) in [5.74, 6) is 0. The number of hydrogen-bond acceptors (Lipinski definition) is 3. The van der Waals surface area contributed by atoms with Gasteiger partial charge >= 0.3 is 0 Å². The second-order valence-electron chi connectivity index (χ2n) is 6.22. The van der Waals surface area contributed by atoms with Crippen LogP contribution in [0.1, 0.15) is 32.8 Å². The van der Waals surface area contributed by atoms with Crippen LogP contribution in [0.25, 0.3) is 0 Å². The standard InChI is InChI=1S/C17H28ClN3/c1-5-8-19-10-15-6-7-16(9-17(15)18)21-11-13(2)20(4)14(3)12-21/h6-7,9,13-14,19H,5,8,10-12H2,1-4H3. The summed E-state index contributed by atoms with van der Waals surface area (Å²) < 4.78 is 0. The Hall–Kier alpha value is -0.770. The zero-order chi connectivity index (χ0) is 15.4. The van der Waals surface area contributed by atoms with Gasteiger partial charge in [-0.25, -0.2) is 0 Å². The van der Waals surface area contributed by atoms with E-state index in [9.17, 15) is 0 Å². The SMILES string of the molecule is CCCNCc1ccc(N2CC(C)N(C)C(C)C2)cc1Cl. The summed E-state index contributed by atoms with van der Waals surface area (Å²) in [6.45, 7) is 10.7. The smallest absolute Gasteiger partial charge is 0.0471 e. The summed E-state index contributed by atoms with van der Waals surface area (Å²) in [5, 5.41) is 4.28. The van der Waals surface area contributed by atoms with Crippen LogP contribution in [0.15, 0.2) is 18.2 Å². The summed E-state index contributed by atoms with van der Waals surface area (Å²) in [6.07, 6.45) is 1.15. The predicted molar refractivity (Wildman–Crippen MR) is 92.3 cm³/mol. The van der Waals surface area contributed by atoms with E-state index in [2.05, 4.69) is 61.1 Å². The lowest BCUT2D eigenvalue weighted by Gasteiger charge is -2.43. The minimum absolute atomic E-state index is 0.568. The number of nitrogens with zero attached hydrogens (tertiary/aromatic N) is 2. The lowest BCUT2D eigenvalue weighted by atomic mass is 10.1. The Morgan fingerprint density at radius 1 is 1.24 bits per heavy atom. The van der Waals surface area contributed by atoms with E-state index in [1.807, 2.05) is 0 Å². The van der Waals surface area contributed by atoms with Gasteiger partial charge in [0.1, 0.15) is 0 Å². The molecular weight excluding hydrogens is 282 g/mol. The molecule has 3 nitrogen and oxygen atoms in total. The van der Waals surface area contributed by atoms with Crippen molar-refractivity contribution >= 4 is 17.3 Å². The monoisotopic (exact) mass is 309 g/mol. The molecule has 2 rings (SSSR count). The van der Waals surface area contributed by atoms with Gasteiger partial charge in [0.15, 0.2) is 0 Å². The van der Waals surface area contributed by atoms with Gasteiger partial charge in [-0.05, 0) is 51.6 Å². The third-order valence-electron chi connectivity index (χ3n) is 4.50. The maximum atomic E-state index is 6.45. The molecule has 0 radical (unpaired) electrons. The Balaban J connectivity index is 2.05. The normalized spacial score (nSPS) is 23.6. The first-order valence-corrected chi connectivity index (χ1v) is 8.36. The summed E-state index contributed by atoms with van der Waals surface area (Å²) in [5.41, 5.74) is 2.43. The van der Waals surface area contributed by atoms with Crippen LogP contribution in [0.2, 0.25) is 5.02 Å². The highest BCUT2D eigenvalue weighted by Gasteiger charge is 2.26. The Kier molecular flexibility index (Phi) is 5.91. The average Bonchev–Trinajstić information content (AvgIpc) is 2.46. The van der Waals surface area contributed by atoms with Gasteiger partial charge in [-0.2, -0.15) is 0 Å². The first kappa shape index (κ1) is 16.6. The van der Waals surface area contributed by atoms with E-state index in [4.69, 9.17) is 11.6 Å². The van der Waals surface area contributed by atoms with Crippen LogP contribution in [0, 0.1) is 0 Å². The topological polar surface area (TPSA) is 18.5 Å². The fourth-order valence-corrected chi connectivity index (χ4v) is 3.13. The third kappa shape index (κ3) is 4.12. The van der Waals surface area contributed by atoms with Crippen molar-refractivity contribution < 1.29 is 0 Å². The Morgan fingerprint density at radius 2 is 1.90 bits per heavy atom. The van der Waals surface area contributed by atoms with E-state index in [0.29, 0.717) is 12.1 Å². The van der Waals surface area contributed by atoms with Crippen LogP contribution in [0.4, 0.5) is 5.69 Å². The second kappa shape index (κ2) is 7.48. The molecule has 1 aromatic carbocycles. The molecule has 21 heavy (non-hydrogen) atoms. The van der Waals surface area contributed by atoms with E-state index in [0.717, 1.165) is 37.6 Å². The molecule has 0 amide bonds. The Morgan fingerprint density at radius 3 is 2.48 bits per heavy atom. The highest BCUT2D eigenvalue weighted by Crippen LogP contribution is 2.26. The van der Waals surface area contributed by atoms with E-state index in [1.54, 1.807) is 0 Å². The van der Waals surface area contributed by atoms with Crippen LogP contribution in [-0.2, 0) is 6.54 Å². The zero-order valence-corrected chi connectivity index (χ0v) is 14.5. The van der Waals surface area contributed by atoms with Gasteiger partial charge in [0.2, 0.25) is 0 Å². The van der Waals surface area contributed by atoms with Crippen molar-refractivity contribution in [3.8, 4) is 0 Å². The number of nitrogens with one attached hydrogen (secondary N) is 1. The fraction of sp³-hybridized carbons (Fsp3) is 0.647. The molecule has 2 atom stereocenters. The van der Waals surface area contributed by atoms with E-state index >= 15 is 0 Å². The number of likely N-dealkylation sites (N-methyl/N-ethyl adjacent to an activating group) is 1. The molecule has 1 aromatic rings. The van der Waals surface area contributed by atoms with Gasteiger partial charge in [-0.1, -0.05) is 24.6 Å². The van der Waals surface area contributed by atoms with E-state index in [1.165, 1.54) is 11.3 Å². The highest BCUT2D eigenvalue weighted by molar-refractivity contribution is 6.31. The van der Waals surface area contributed by atoms with Crippen molar-refractivity contribution in [1.29, 1.82) is 0 Å². The third-order valence-corrected chi connectivity index (χ3v) is 4.86. The highest BCUT2D eigenvalue weighted by atomic mass is 35.5. The minimum atomic E-state index is 0.568. The van der Waals surface area contributed by atoms with Gasteiger partial charge in [0.05, 0.1) is 0 Å². The number of piperazine rings is 1. The van der Waals surface area contributed by atoms with Crippen LogP contribution in [0.5, 0.6) is 0 Å². The summed E-state index contributed by atoms with van der Waals surface area (Å²) in [7, 11) is 2.21. The van der Waals surface area contributed by atoms with Crippen molar-refractivity contribution in [2.75, 3.05) is 31.6 Å². The Labute approximate surface area is 134 Å². The summed E-state index contributed by atoms with van der Waals surface area (Å²) in [4.78, 5) is 4.89. The largest absolute Gasteiger partial charge is 0.368 e. The molecule has 1 saturated heterocycles. The average molecular weight is 310 g/mol. The number of anilines is 1. The minimum Gasteiger partial charge on any atom is -0.368 e. The number of rotatable bonds is 5. The van der Waals surface area contributed by atoms with Crippen LogP contribution >= 0.6 is 11.6 Å². The molecule has 1 N–H and O–H groups in total. The Bertz CT molecular complexity index is 451. The number of benzene rings is 1. The van der Waals surface area contributed by atoms with Crippen LogP contribution < -0.4 is 10.2 Å².